The van der Waals surface area contributed by atoms with Gasteiger partial charge in [0.25, 0.3) is 5.91 Å². The zero-order valence-corrected chi connectivity index (χ0v) is 9.62. The smallest absolute Gasteiger partial charge is 0.351 e. The van der Waals surface area contributed by atoms with Crippen LogP contribution >= 0.6 is 11.3 Å². The average molecular weight is 240 g/mol. The molecule has 1 atom stereocenters. The minimum absolute atomic E-state index is 0.150. The molecule has 1 saturated heterocycles. The van der Waals surface area contributed by atoms with Crippen LogP contribution in [0.4, 0.5) is 5.69 Å². The third-order valence-electron chi connectivity index (χ3n) is 2.51. The lowest BCUT2D eigenvalue weighted by Gasteiger charge is -2.11. The number of amides is 1. The number of thiophene rings is 1. The molecule has 1 aliphatic rings. The molecule has 1 aromatic rings. The summed E-state index contributed by atoms with van der Waals surface area (Å²) in [5, 5.41) is 1.72. The molecule has 1 amide bonds. The summed E-state index contributed by atoms with van der Waals surface area (Å²) in [5.74, 6) is -0.662. The molecule has 1 aromatic heterocycles. The van der Waals surface area contributed by atoms with Crippen LogP contribution in [0.15, 0.2) is 11.4 Å². The van der Waals surface area contributed by atoms with E-state index in [2.05, 4.69) is 0 Å². The summed E-state index contributed by atoms with van der Waals surface area (Å²) >= 11 is 1.22. The molecule has 6 heteroatoms. The number of rotatable bonds is 2. The molecule has 2 N–H and O–H groups in total. The van der Waals surface area contributed by atoms with Crippen LogP contribution in [0.1, 0.15) is 16.1 Å². The van der Waals surface area contributed by atoms with Crippen molar-refractivity contribution >= 4 is 28.9 Å². The van der Waals surface area contributed by atoms with Crippen LogP contribution in [0.3, 0.4) is 0 Å². The zero-order chi connectivity index (χ0) is 11.7. The van der Waals surface area contributed by atoms with E-state index in [0.29, 0.717) is 23.5 Å². The summed E-state index contributed by atoms with van der Waals surface area (Å²) in [6, 6.07) is 1.64. The first kappa shape index (κ1) is 10.9. The maximum absolute atomic E-state index is 11.7. The molecule has 2 rings (SSSR count). The predicted molar refractivity (Wildman–Crippen MR) is 60.2 cm³/mol. The molecular weight excluding hydrogens is 228 g/mol. The molecule has 1 unspecified atom stereocenters. The second-order valence-corrected chi connectivity index (χ2v) is 4.56. The Hall–Kier alpha value is -1.56. The summed E-state index contributed by atoms with van der Waals surface area (Å²) in [7, 11) is 1.69. The highest BCUT2D eigenvalue weighted by molar-refractivity contribution is 7.12. The summed E-state index contributed by atoms with van der Waals surface area (Å²) in [6.45, 7) is 0.622. The van der Waals surface area contributed by atoms with Crippen molar-refractivity contribution in [3.05, 3.63) is 16.3 Å². The maximum atomic E-state index is 11.7. The van der Waals surface area contributed by atoms with Crippen LogP contribution in [0.5, 0.6) is 0 Å². The topological polar surface area (TPSA) is 72.6 Å². The third kappa shape index (κ3) is 1.88. The molecule has 1 aliphatic heterocycles. The number of nitrogens with two attached hydrogens (primary N) is 1. The monoisotopic (exact) mass is 240 g/mol. The van der Waals surface area contributed by atoms with Gasteiger partial charge in [-0.2, -0.15) is 0 Å². The van der Waals surface area contributed by atoms with Crippen molar-refractivity contribution in [3.63, 3.8) is 0 Å². The Morgan fingerprint density at radius 2 is 2.44 bits per heavy atom. The molecule has 5 nitrogen and oxygen atoms in total. The van der Waals surface area contributed by atoms with E-state index in [1.165, 1.54) is 11.3 Å². The van der Waals surface area contributed by atoms with Crippen LogP contribution in [-0.2, 0) is 9.53 Å². The van der Waals surface area contributed by atoms with Crippen molar-refractivity contribution in [3.8, 4) is 0 Å². The summed E-state index contributed by atoms with van der Waals surface area (Å²) < 4.78 is 5.12. The van der Waals surface area contributed by atoms with E-state index < -0.39 is 12.1 Å². The van der Waals surface area contributed by atoms with Gasteiger partial charge in [0.05, 0.1) is 5.69 Å². The highest BCUT2D eigenvalue weighted by Crippen LogP contribution is 2.22. The van der Waals surface area contributed by atoms with Gasteiger partial charge in [0, 0.05) is 20.0 Å². The minimum Gasteiger partial charge on any atom is -0.448 e. The van der Waals surface area contributed by atoms with Gasteiger partial charge in [0.15, 0.2) is 6.10 Å². The third-order valence-corrected chi connectivity index (χ3v) is 3.42. The molecule has 0 aliphatic carbocycles. The Morgan fingerprint density at radius 3 is 2.94 bits per heavy atom. The highest BCUT2D eigenvalue weighted by Gasteiger charge is 2.33. The molecule has 0 radical (unpaired) electrons. The van der Waals surface area contributed by atoms with Gasteiger partial charge in [-0.3, -0.25) is 4.79 Å². The van der Waals surface area contributed by atoms with E-state index >= 15 is 0 Å². The normalized spacial score (nSPS) is 20.2. The van der Waals surface area contributed by atoms with Crippen molar-refractivity contribution in [2.45, 2.75) is 12.5 Å². The number of nitrogens with zero attached hydrogens (tertiary/aromatic N) is 1. The summed E-state index contributed by atoms with van der Waals surface area (Å²) in [5.41, 5.74) is 5.99. The number of hydrogen-bond acceptors (Lipinski definition) is 5. The molecule has 0 bridgehead atoms. The second kappa shape index (κ2) is 4.13. The van der Waals surface area contributed by atoms with E-state index in [-0.39, 0.29) is 5.91 Å². The van der Waals surface area contributed by atoms with E-state index in [1.807, 2.05) is 0 Å². The van der Waals surface area contributed by atoms with E-state index in [1.54, 1.807) is 23.4 Å². The van der Waals surface area contributed by atoms with Crippen LogP contribution in [-0.4, -0.2) is 36.5 Å². The van der Waals surface area contributed by atoms with Crippen LogP contribution < -0.4 is 5.73 Å². The Balaban J connectivity index is 2.04. The number of esters is 1. The van der Waals surface area contributed by atoms with Gasteiger partial charge in [-0.05, 0) is 11.4 Å². The van der Waals surface area contributed by atoms with Crippen molar-refractivity contribution in [2.24, 2.45) is 0 Å². The van der Waals surface area contributed by atoms with E-state index in [9.17, 15) is 9.59 Å². The fraction of sp³-hybridized carbons (Fsp3) is 0.400. The number of likely N-dealkylation sites (N-methyl/N-ethyl adjacent to an activating group) is 1. The number of ether oxygens (including phenoxy) is 1. The number of likely N-dealkylation sites (tertiary alicyclic amines) is 1. The predicted octanol–water partition coefficient (Wildman–Crippen LogP) is 0.718. The van der Waals surface area contributed by atoms with Gasteiger partial charge in [0.2, 0.25) is 0 Å². The molecule has 2 heterocycles. The molecular formula is C10H12N2O3S. The van der Waals surface area contributed by atoms with Crippen molar-refractivity contribution in [1.29, 1.82) is 0 Å². The van der Waals surface area contributed by atoms with Gasteiger partial charge in [-0.25, -0.2) is 4.79 Å². The Labute approximate surface area is 96.8 Å². The van der Waals surface area contributed by atoms with Gasteiger partial charge in [-0.1, -0.05) is 0 Å². The van der Waals surface area contributed by atoms with E-state index in [4.69, 9.17) is 10.5 Å². The largest absolute Gasteiger partial charge is 0.448 e. The number of hydrogen-bond donors (Lipinski definition) is 1. The Kier molecular flexibility index (Phi) is 2.82. The fourth-order valence-electron chi connectivity index (χ4n) is 1.57. The molecule has 0 spiro atoms. The van der Waals surface area contributed by atoms with Gasteiger partial charge < -0.3 is 15.4 Å². The Morgan fingerprint density at radius 1 is 1.69 bits per heavy atom. The minimum atomic E-state index is -0.654. The average Bonchev–Trinajstić information content (AvgIpc) is 2.79. The van der Waals surface area contributed by atoms with Gasteiger partial charge >= 0.3 is 5.97 Å². The van der Waals surface area contributed by atoms with Crippen molar-refractivity contribution < 1.29 is 14.3 Å². The molecule has 86 valence electrons. The van der Waals surface area contributed by atoms with Crippen LogP contribution in [0.2, 0.25) is 0 Å². The first-order valence-electron chi connectivity index (χ1n) is 4.88. The fourth-order valence-corrected chi connectivity index (χ4v) is 2.27. The summed E-state index contributed by atoms with van der Waals surface area (Å²) in [4.78, 5) is 25.1. The lowest BCUT2D eigenvalue weighted by Crippen LogP contribution is -2.29. The SMILES string of the molecule is CN1CCC(OC(=O)c2sccc2N)C1=O. The summed E-state index contributed by atoms with van der Waals surface area (Å²) in [6.07, 6.45) is -0.106. The molecule has 0 saturated carbocycles. The first-order valence-corrected chi connectivity index (χ1v) is 5.76. The quantitative estimate of drug-likeness (QED) is 0.773. The standard InChI is InChI=1S/C10H12N2O3S/c1-12-4-2-7(9(12)13)15-10(14)8-6(11)3-5-16-8/h3,5,7H,2,4,11H2,1H3. The number of anilines is 1. The Bertz CT molecular complexity index is 429. The molecule has 16 heavy (non-hydrogen) atoms. The van der Waals surface area contributed by atoms with E-state index in [0.717, 1.165) is 0 Å². The lowest BCUT2D eigenvalue weighted by molar-refractivity contribution is -0.133. The maximum Gasteiger partial charge on any atom is 0.351 e. The number of carbonyl (C=O) groups excluding carboxylic acids is 2. The van der Waals surface area contributed by atoms with Crippen LogP contribution in [0.25, 0.3) is 0 Å². The molecule has 0 aromatic carbocycles. The number of carbonyl (C=O) groups is 2. The van der Waals surface area contributed by atoms with Crippen molar-refractivity contribution in [1.82, 2.24) is 4.90 Å². The van der Waals surface area contributed by atoms with Crippen LogP contribution in [0, 0.1) is 0 Å². The first-order chi connectivity index (χ1) is 7.59. The number of nitrogen functional groups attached to an aromatic ring is 1. The zero-order valence-electron chi connectivity index (χ0n) is 8.80. The van der Waals surface area contributed by atoms with Gasteiger partial charge in [0.1, 0.15) is 4.88 Å². The lowest BCUT2D eigenvalue weighted by atomic mass is 10.3. The second-order valence-electron chi connectivity index (χ2n) is 3.65. The van der Waals surface area contributed by atoms with Gasteiger partial charge in [-0.15, -0.1) is 11.3 Å². The van der Waals surface area contributed by atoms with Crippen molar-refractivity contribution in [2.75, 3.05) is 19.3 Å². The molecule has 1 fully saturated rings. The highest BCUT2D eigenvalue weighted by atomic mass is 32.1.